The van der Waals surface area contributed by atoms with Crippen molar-refractivity contribution in [3.05, 3.63) is 120 Å². The SMILES string of the molecule is Cc1ccc(S(=O)(=O)OC[C@H]2C[C@@H](c3nc(C4=CC=C5C=CC(c6ccccc6)=NC5C4)c4c(N)nccn43)C2)cc1. The molecular formula is C33H31N5O3S. The van der Waals surface area contributed by atoms with E-state index in [0.29, 0.717) is 12.2 Å². The van der Waals surface area contributed by atoms with Gasteiger partial charge in [0.1, 0.15) is 17.2 Å². The molecule has 0 bridgehead atoms. The van der Waals surface area contributed by atoms with Crippen molar-refractivity contribution in [1.29, 1.82) is 0 Å². The van der Waals surface area contributed by atoms with Gasteiger partial charge in [-0.05, 0) is 60.6 Å². The van der Waals surface area contributed by atoms with Gasteiger partial charge in [0.05, 0.1) is 28.9 Å². The van der Waals surface area contributed by atoms with Gasteiger partial charge in [0.25, 0.3) is 10.1 Å². The quantitative estimate of drug-likeness (QED) is 0.284. The lowest BCUT2D eigenvalue weighted by molar-refractivity contribution is 0.158. The van der Waals surface area contributed by atoms with Gasteiger partial charge < -0.3 is 5.73 Å². The molecule has 2 aliphatic carbocycles. The van der Waals surface area contributed by atoms with Crippen LogP contribution in [0.5, 0.6) is 0 Å². The number of nitrogens with two attached hydrogens (primary N) is 1. The van der Waals surface area contributed by atoms with E-state index in [1.165, 1.54) is 5.57 Å². The molecule has 1 aliphatic heterocycles. The highest BCUT2D eigenvalue weighted by Gasteiger charge is 2.36. The normalized spacial score (nSPS) is 21.7. The van der Waals surface area contributed by atoms with Crippen LogP contribution in [0.3, 0.4) is 0 Å². The van der Waals surface area contributed by atoms with Crippen molar-refractivity contribution in [2.24, 2.45) is 10.9 Å². The van der Waals surface area contributed by atoms with Crippen LogP contribution in [0.15, 0.2) is 107 Å². The van der Waals surface area contributed by atoms with Gasteiger partial charge >= 0.3 is 0 Å². The molecule has 9 heteroatoms. The number of allylic oxidation sites excluding steroid dienone is 3. The highest BCUT2D eigenvalue weighted by molar-refractivity contribution is 7.86. The third-order valence-corrected chi connectivity index (χ3v) is 9.65. The third-order valence-electron chi connectivity index (χ3n) is 8.36. The van der Waals surface area contributed by atoms with Crippen molar-refractivity contribution in [3.63, 3.8) is 0 Å². The number of hydrogen-bond acceptors (Lipinski definition) is 7. The zero-order valence-corrected chi connectivity index (χ0v) is 24.0. The molecule has 7 rings (SSSR count). The van der Waals surface area contributed by atoms with Gasteiger partial charge in [0.2, 0.25) is 0 Å². The number of nitrogen functional groups attached to an aromatic ring is 1. The summed E-state index contributed by atoms with van der Waals surface area (Å²) in [5.41, 5.74) is 13.4. The molecule has 0 spiro atoms. The molecule has 1 fully saturated rings. The Balaban J connectivity index is 1.10. The number of benzene rings is 2. The van der Waals surface area contributed by atoms with E-state index >= 15 is 0 Å². The van der Waals surface area contributed by atoms with Crippen LogP contribution in [-0.4, -0.2) is 41.1 Å². The van der Waals surface area contributed by atoms with Crippen LogP contribution in [0.2, 0.25) is 0 Å². The number of dihydropyridines is 1. The van der Waals surface area contributed by atoms with Gasteiger partial charge in [-0.1, -0.05) is 66.3 Å². The lowest BCUT2D eigenvalue weighted by Gasteiger charge is -2.34. The van der Waals surface area contributed by atoms with Crippen LogP contribution in [0.4, 0.5) is 5.82 Å². The van der Waals surface area contributed by atoms with Crippen molar-refractivity contribution in [1.82, 2.24) is 14.4 Å². The molecule has 3 aliphatic rings. The smallest absolute Gasteiger partial charge is 0.296 e. The lowest BCUT2D eigenvalue weighted by Crippen LogP contribution is -2.28. The molecular weight excluding hydrogens is 546 g/mol. The summed E-state index contributed by atoms with van der Waals surface area (Å²) < 4.78 is 32.8. The first kappa shape index (κ1) is 26.6. The summed E-state index contributed by atoms with van der Waals surface area (Å²) in [6.45, 7) is 2.07. The molecule has 42 heavy (non-hydrogen) atoms. The summed E-state index contributed by atoms with van der Waals surface area (Å²) in [4.78, 5) is 14.8. The van der Waals surface area contributed by atoms with E-state index in [9.17, 15) is 8.42 Å². The molecule has 0 saturated heterocycles. The number of imidazole rings is 1. The number of aryl methyl sites for hydroxylation is 1. The Morgan fingerprint density at radius 3 is 2.60 bits per heavy atom. The number of nitrogens with zero attached hydrogens (tertiary/aromatic N) is 4. The first-order valence-electron chi connectivity index (χ1n) is 14.2. The second kappa shape index (κ2) is 10.5. The van der Waals surface area contributed by atoms with E-state index in [0.717, 1.165) is 52.3 Å². The van der Waals surface area contributed by atoms with E-state index in [2.05, 4.69) is 41.4 Å². The summed E-state index contributed by atoms with van der Waals surface area (Å²) in [6, 6.07) is 16.9. The average molecular weight is 578 g/mol. The van der Waals surface area contributed by atoms with Gasteiger partial charge in [0.15, 0.2) is 0 Å². The van der Waals surface area contributed by atoms with Crippen molar-refractivity contribution in [3.8, 4) is 0 Å². The zero-order valence-electron chi connectivity index (χ0n) is 23.2. The van der Waals surface area contributed by atoms with Crippen molar-refractivity contribution < 1.29 is 12.6 Å². The van der Waals surface area contributed by atoms with Gasteiger partial charge in [-0.25, -0.2) is 9.97 Å². The number of fused-ring (bicyclic) bond motifs is 2. The first-order valence-corrected chi connectivity index (χ1v) is 15.6. The maximum atomic E-state index is 12.6. The monoisotopic (exact) mass is 577 g/mol. The zero-order chi connectivity index (χ0) is 28.8. The maximum absolute atomic E-state index is 12.6. The van der Waals surface area contributed by atoms with E-state index < -0.39 is 10.1 Å². The fourth-order valence-corrected chi connectivity index (χ4v) is 6.95. The Morgan fingerprint density at radius 2 is 1.81 bits per heavy atom. The minimum Gasteiger partial charge on any atom is -0.382 e. The molecule has 1 saturated carbocycles. The fourth-order valence-electron chi connectivity index (χ4n) is 5.97. The van der Waals surface area contributed by atoms with E-state index in [-0.39, 0.29) is 29.4 Å². The molecule has 2 N–H and O–H groups in total. The molecule has 4 aromatic rings. The van der Waals surface area contributed by atoms with Crippen LogP contribution >= 0.6 is 0 Å². The predicted octanol–water partition coefficient (Wildman–Crippen LogP) is 5.66. The predicted molar refractivity (Wildman–Crippen MR) is 164 cm³/mol. The first-order chi connectivity index (χ1) is 20.4. The number of aliphatic imine (C=N–C) groups is 1. The van der Waals surface area contributed by atoms with Gasteiger partial charge in [-0.2, -0.15) is 8.42 Å². The largest absolute Gasteiger partial charge is 0.382 e. The molecule has 212 valence electrons. The Kier molecular flexibility index (Phi) is 6.63. The van der Waals surface area contributed by atoms with Crippen molar-refractivity contribution in [2.75, 3.05) is 12.3 Å². The van der Waals surface area contributed by atoms with E-state index in [1.807, 2.05) is 35.7 Å². The topological polar surface area (TPSA) is 112 Å². The molecule has 3 heterocycles. The van der Waals surface area contributed by atoms with Crippen LogP contribution in [0.25, 0.3) is 11.1 Å². The van der Waals surface area contributed by atoms with Crippen LogP contribution in [0, 0.1) is 12.8 Å². The number of rotatable bonds is 7. The molecule has 2 aromatic heterocycles. The average Bonchev–Trinajstić information content (AvgIpc) is 3.37. The summed E-state index contributed by atoms with van der Waals surface area (Å²) in [5, 5.41) is 0. The molecule has 0 radical (unpaired) electrons. The Bertz CT molecular complexity index is 1900. The summed E-state index contributed by atoms with van der Waals surface area (Å²) >= 11 is 0. The Morgan fingerprint density at radius 1 is 1.02 bits per heavy atom. The van der Waals surface area contributed by atoms with E-state index in [1.54, 1.807) is 30.5 Å². The van der Waals surface area contributed by atoms with E-state index in [4.69, 9.17) is 19.9 Å². The number of aromatic nitrogens is 3. The summed E-state index contributed by atoms with van der Waals surface area (Å²) in [7, 11) is -3.79. The van der Waals surface area contributed by atoms with Crippen LogP contribution in [0.1, 0.15) is 47.8 Å². The third kappa shape index (κ3) is 4.88. The van der Waals surface area contributed by atoms with Gasteiger partial charge in [-0.15, -0.1) is 0 Å². The Labute approximate surface area is 245 Å². The molecule has 0 amide bonds. The Hall–Kier alpha value is -4.34. The fraction of sp³-hybridized carbons (Fsp3) is 0.242. The standard InChI is InChI=1S/C33H31N5O3S/c1-21-7-12-27(13-8-21)42(39,40)41-20-22-17-26(18-22)33-37-30(31-32(34)35-15-16-38(31)33)25-10-9-24-11-14-28(36-29(24)19-25)23-5-3-2-4-6-23/h2-16,22,26,29H,17-20H2,1H3,(H2,34,35)/t22-,26+,29?. The molecule has 2 aromatic carbocycles. The maximum Gasteiger partial charge on any atom is 0.296 e. The number of anilines is 1. The second-order valence-electron chi connectivity index (χ2n) is 11.2. The highest BCUT2D eigenvalue weighted by Crippen LogP contribution is 2.44. The molecule has 1 atom stereocenters. The van der Waals surface area contributed by atoms with Crippen molar-refractivity contribution >= 4 is 32.7 Å². The molecule has 1 unspecified atom stereocenters. The van der Waals surface area contributed by atoms with Crippen LogP contribution in [-0.2, 0) is 14.3 Å². The highest BCUT2D eigenvalue weighted by atomic mass is 32.2. The molecule has 8 nitrogen and oxygen atoms in total. The van der Waals surface area contributed by atoms with Crippen LogP contribution < -0.4 is 5.73 Å². The van der Waals surface area contributed by atoms with Gasteiger partial charge in [-0.3, -0.25) is 13.6 Å². The lowest BCUT2D eigenvalue weighted by atomic mass is 9.75. The second-order valence-corrected chi connectivity index (χ2v) is 12.8. The summed E-state index contributed by atoms with van der Waals surface area (Å²) in [5.74, 6) is 1.64. The minimum atomic E-state index is -3.79. The minimum absolute atomic E-state index is 0.00372. The van der Waals surface area contributed by atoms with Gasteiger partial charge in [0, 0.05) is 24.7 Å². The number of hydrogen-bond donors (Lipinski definition) is 1. The van der Waals surface area contributed by atoms with Crippen molar-refractivity contribution in [2.45, 2.75) is 43.0 Å². The summed E-state index contributed by atoms with van der Waals surface area (Å²) in [6.07, 6.45) is 14.3.